The third-order valence-corrected chi connectivity index (χ3v) is 1.56. The van der Waals surface area contributed by atoms with Gasteiger partial charge in [0.2, 0.25) is 0 Å². The van der Waals surface area contributed by atoms with Crippen LogP contribution < -0.4 is 0 Å². The molecule has 1 nitrogen and oxygen atoms in total. The van der Waals surface area contributed by atoms with Crippen molar-refractivity contribution in [3.8, 4) is 0 Å². The quantitative estimate of drug-likeness (QED) is 0.527. The summed E-state index contributed by atoms with van der Waals surface area (Å²) in [5, 5.41) is 0. The van der Waals surface area contributed by atoms with Crippen molar-refractivity contribution in [2.24, 2.45) is 0 Å². The first-order valence-electron chi connectivity index (χ1n) is 3.24. The molecule has 0 atom stereocenters. The molecule has 5 heteroatoms. The minimum absolute atomic E-state index is 0. The first-order valence-corrected chi connectivity index (χ1v) is 3.24. The van der Waals surface area contributed by atoms with Crippen molar-refractivity contribution in [2.75, 3.05) is 13.1 Å². The summed E-state index contributed by atoms with van der Waals surface area (Å²) in [5.41, 5.74) is 0. The van der Waals surface area contributed by atoms with Crippen molar-refractivity contribution in [3.05, 3.63) is 6.42 Å². The van der Waals surface area contributed by atoms with Crippen molar-refractivity contribution in [1.82, 2.24) is 4.90 Å². The molecule has 67 valence electrons. The molecule has 0 N–H and O–H groups in total. The van der Waals surface area contributed by atoms with E-state index in [-0.39, 0.29) is 25.5 Å². The van der Waals surface area contributed by atoms with E-state index in [9.17, 15) is 13.2 Å². The van der Waals surface area contributed by atoms with Gasteiger partial charge >= 0.3 is 6.30 Å². The van der Waals surface area contributed by atoms with Crippen LogP contribution in [0.2, 0.25) is 0 Å². The number of alkyl halides is 3. The summed E-state index contributed by atoms with van der Waals surface area (Å²) in [6.07, 6.45) is -1.12. The summed E-state index contributed by atoms with van der Waals surface area (Å²) < 4.78 is 35.6. The molecule has 1 radical (unpaired) electrons. The van der Waals surface area contributed by atoms with E-state index in [1.165, 1.54) is 0 Å². The smallest absolute Gasteiger partial charge is 0.214 e. The van der Waals surface area contributed by atoms with E-state index >= 15 is 0 Å². The molecule has 0 bridgehead atoms. The van der Waals surface area contributed by atoms with Gasteiger partial charge in [0.15, 0.2) is 0 Å². The Kier molecular flexibility index (Phi) is 4.18. The van der Waals surface area contributed by atoms with Crippen LogP contribution in [0.15, 0.2) is 0 Å². The van der Waals surface area contributed by atoms with Crippen LogP contribution in [0, 0.1) is 6.42 Å². The number of likely N-dealkylation sites (tertiary alicyclic amines) is 1. The SMILES string of the molecule is Cl.FC(F)(F)N1CC[CH]CC1. The van der Waals surface area contributed by atoms with Crippen molar-refractivity contribution in [3.63, 3.8) is 0 Å². The molecular formula is C6H10ClF3N. The van der Waals surface area contributed by atoms with Crippen LogP contribution in [0.25, 0.3) is 0 Å². The Bertz CT molecular complexity index is 109. The van der Waals surface area contributed by atoms with Gasteiger partial charge in [-0.05, 0) is 19.3 Å². The highest BCUT2D eigenvalue weighted by Crippen LogP contribution is 2.24. The lowest BCUT2D eigenvalue weighted by molar-refractivity contribution is -0.247. The molecule has 0 amide bonds. The van der Waals surface area contributed by atoms with Gasteiger partial charge < -0.3 is 0 Å². The van der Waals surface area contributed by atoms with E-state index in [1.54, 1.807) is 0 Å². The minimum atomic E-state index is -4.12. The zero-order valence-corrected chi connectivity index (χ0v) is 6.71. The maximum absolute atomic E-state index is 11.9. The van der Waals surface area contributed by atoms with Crippen LogP contribution >= 0.6 is 12.4 Å². The average Bonchev–Trinajstić information content (AvgIpc) is 1.88. The summed E-state index contributed by atoms with van der Waals surface area (Å²) >= 11 is 0. The van der Waals surface area contributed by atoms with E-state index in [4.69, 9.17) is 0 Å². The normalized spacial score (nSPS) is 21.0. The Morgan fingerprint density at radius 1 is 1.09 bits per heavy atom. The minimum Gasteiger partial charge on any atom is -0.214 e. The number of hydrogen-bond acceptors (Lipinski definition) is 1. The lowest BCUT2D eigenvalue weighted by atomic mass is 10.1. The second kappa shape index (κ2) is 4.16. The maximum atomic E-state index is 11.9. The topological polar surface area (TPSA) is 3.24 Å². The molecule has 11 heavy (non-hydrogen) atoms. The number of hydrogen-bond donors (Lipinski definition) is 0. The molecule has 1 aliphatic heterocycles. The van der Waals surface area contributed by atoms with Gasteiger partial charge in [0, 0.05) is 13.1 Å². The maximum Gasteiger partial charge on any atom is 0.459 e. The van der Waals surface area contributed by atoms with Crippen LogP contribution in [0.1, 0.15) is 12.8 Å². The predicted molar refractivity (Wildman–Crippen MR) is 38.4 cm³/mol. The molecule has 1 aliphatic rings. The Balaban J connectivity index is 0.000001000. The fraction of sp³-hybridized carbons (Fsp3) is 0.833. The number of piperidine rings is 1. The third kappa shape index (κ3) is 3.29. The second-order valence-corrected chi connectivity index (χ2v) is 2.32. The summed E-state index contributed by atoms with van der Waals surface area (Å²) in [7, 11) is 0. The Labute approximate surface area is 70.0 Å². The third-order valence-electron chi connectivity index (χ3n) is 1.56. The van der Waals surface area contributed by atoms with Crippen molar-refractivity contribution < 1.29 is 13.2 Å². The Morgan fingerprint density at radius 2 is 1.55 bits per heavy atom. The molecule has 0 aromatic rings. The first-order chi connectivity index (χ1) is 4.61. The standard InChI is InChI=1S/C6H9F3N.ClH/c7-6(8,9)10-4-2-1-3-5-10;/h1H,2-5H2;1H. The summed E-state index contributed by atoms with van der Waals surface area (Å²) in [5.74, 6) is 0. The monoisotopic (exact) mass is 188 g/mol. The van der Waals surface area contributed by atoms with Crippen LogP contribution in [-0.4, -0.2) is 24.3 Å². The number of halogens is 4. The largest absolute Gasteiger partial charge is 0.459 e. The van der Waals surface area contributed by atoms with Gasteiger partial charge in [-0.15, -0.1) is 12.4 Å². The second-order valence-electron chi connectivity index (χ2n) is 2.32. The molecule has 0 aromatic heterocycles. The molecule has 0 aromatic carbocycles. The van der Waals surface area contributed by atoms with Crippen molar-refractivity contribution >= 4 is 12.4 Å². The van der Waals surface area contributed by atoms with Gasteiger partial charge in [0.1, 0.15) is 0 Å². The Morgan fingerprint density at radius 3 is 1.82 bits per heavy atom. The van der Waals surface area contributed by atoms with Gasteiger partial charge in [-0.2, -0.15) is 13.2 Å². The predicted octanol–water partition coefficient (Wildman–Crippen LogP) is 2.23. The van der Waals surface area contributed by atoms with Gasteiger partial charge in [-0.1, -0.05) is 0 Å². The first kappa shape index (κ1) is 11.0. The molecule has 1 fully saturated rings. The molecule has 0 unspecified atom stereocenters. The fourth-order valence-corrected chi connectivity index (χ4v) is 1.00. The van der Waals surface area contributed by atoms with Gasteiger partial charge in [-0.3, -0.25) is 0 Å². The van der Waals surface area contributed by atoms with Gasteiger partial charge in [-0.25, -0.2) is 4.90 Å². The molecular weight excluding hydrogens is 179 g/mol. The summed E-state index contributed by atoms with van der Waals surface area (Å²) in [6, 6.07) is 0. The van der Waals surface area contributed by atoms with Crippen LogP contribution in [0.5, 0.6) is 0 Å². The molecule has 1 heterocycles. The molecule has 1 rings (SSSR count). The van der Waals surface area contributed by atoms with Crippen LogP contribution in [0.3, 0.4) is 0 Å². The van der Waals surface area contributed by atoms with E-state index in [2.05, 4.69) is 0 Å². The zero-order valence-electron chi connectivity index (χ0n) is 5.90. The molecule has 0 spiro atoms. The summed E-state index contributed by atoms with van der Waals surface area (Å²) in [6.45, 7) is 0.257. The number of rotatable bonds is 0. The van der Waals surface area contributed by atoms with Crippen LogP contribution in [0.4, 0.5) is 13.2 Å². The number of nitrogens with zero attached hydrogens (tertiary/aromatic N) is 1. The van der Waals surface area contributed by atoms with E-state index in [0.717, 1.165) is 0 Å². The highest BCUT2D eigenvalue weighted by molar-refractivity contribution is 5.85. The highest BCUT2D eigenvalue weighted by Gasteiger charge is 2.37. The lowest BCUT2D eigenvalue weighted by Crippen LogP contribution is -2.41. The van der Waals surface area contributed by atoms with E-state index in [1.807, 2.05) is 6.42 Å². The van der Waals surface area contributed by atoms with Crippen molar-refractivity contribution in [2.45, 2.75) is 19.1 Å². The van der Waals surface area contributed by atoms with Gasteiger partial charge in [0.05, 0.1) is 0 Å². The molecule has 0 saturated carbocycles. The lowest BCUT2D eigenvalue weighted by Gasteiger charge is -2.27. The fourth-order valence-electron chi connectivity index (χ4n) is 1.00. The summed E-state index contributed by atoms with van der Waals surface area (Å²) in [4.78, 5) is 0.549. The molecule has 0 aliphatic carbocycles. The Hall–Kier alpha value is 0.0400. The molecule has 1 saturated heterocycles. The zero-order chi connectivity index (χ0) is 7.61. The average molecular weight is 189 g/mol. The van der Waals surface area contributed by atoms with Crippen molar-refractivity contribution in [1.29, 1.82) is 0 Å². The van der Waals surface area contributed by atoms with Crippen LogP contribution in [-0.2, 0) is 0 Å². The van der Waals surface area contributed by atoms with Gasteiger partial charge in [0.25, 0.3) is 0 Å². The van der Waals surface area contributed by atoms with E-state index in [0.29, 0.717) is 17.7 Å². The van der Waals surface area contributed by atoms with E-state index < -0.39 is 6.30 Å². The highest BCUT2D eigenvalue weighted by atomic mass is 35.5.